The largest absolute Gasteiger partial charge is 0.469 e. The Bertz CT molecular complexity index is 269. The van der Waals surface area contributed by atoms with Crippen LogP contribution in [-0.2, 0) is 14.0 Å². The number of ether oxygens (including phenoxy) is 1. The smallest absolute Gasteiger partial charge is 0.308 e. The average Bonchev–Trinajstić information content (AvgIpc) is 2.24. The van der Waals surface area contributed by atoms with E-state index < -0.39 is 8.32 Å². The van der Waals surface area contributed by atoms with E-state index in [4.69, 9.17) is 9.16 Å². The molecule has 0 unspecified atom stereocenters. The third kappa shape index (κ3) is 5.10. The third-order valence-corrected chi connectivity index (χ3v) is 8.81. The van der Waals surface area contributed by atoms with E-state index in [1.807, 2.05) is 6.92 Å². The highest BCUT2D eigenvalue weighted by atomic mass is 28.4. The zero-order valence-corrected chi connectivity index (χ0v) is 14.3. The Morgan fingerprint density at radius 1 is 1.22 bits per heavy atom. The molecule has 0 saturated carbocycles. The summed E-state index contributed by atoms with van der Waals surface area (Å²) >= 11 is 0. The Balaban J connectivity index is 4.17. The van der Waals surface area contributed by atoms with Crippen molar-refractivity contribution < 1.29 is 14.0 Å². The summed E-state index contributed by atoms with van der Waals surface area (Å²) in [5.74, 6) is 0.107. The van der Waals surface area contributed by atoms with Crippen LogP contribution in [0.1, 0.15) is 41.0 Å². The summed E-state index contributed by atoms with van der Waals surface area (Å²) < 4.78 is 10.9. The van der Waals surface area contributed by atoms with Gasteiger partial charge in [-0.2, -0.15) is 0 Å². The molecule has 0 aliphatic heterocycles. The van der Waals surface area contributed by atoms with E-state index in [-0.39, 0.29) is 16.9 Å². The van der Waals surface area contributed by atoms with Crippen molar-refractivity contribution in [2.24, 2.45) is 11.8 Å². The molecule has 18 heavy (non-hydrogen) atoms. The molecule has 0 aliphatic rings. The molecule has 0 N–H and O–H groups in total. The van der Waals surface area contributed by atoms with E-state index >= 15 is 0 Å². The Morgan fingerprint density at radius 2 is 1.72 bits per heavy atom. The summed E-state index contributed by atoms with van der Waals surface area (Å²) in [6, 6.07) is 0. The number of carbonyl (C=O) groups excluding carboxylic acids is 1. The van der Waals surface area contributed by atoms with Crippen LogP contribution in [0, 0.1) is 11.8 Å². The van der Waals surface area contributed by atoms with Gasteiger partial charge in [-0.25, -0.2) is 0 Å². The molecule has 0 bridgehead atoms. The second-order valence-corrected chi connectivity index (χ2v) is 11.5. The van der Waals surface area contributed by atoms with E-state index in [1.54, 1.807) is 0 Å². The SMILES string of the molecule is COC(=O)[C@@H](C)[C@@H](C)CCO[Si](C)(C)C(C)(C)C. The minimum absolute atomic E-state index is 0.0574. The van der Waals surface area contributed by atoms with E-state index in [0.29, 0.717) is 5.92 Å². The number of methoxy groups -OCH3 is 1. The Kier molecular flexibility index (Phi) is 6.58. The lowest BCUT2D eigenvalue weighted by atomic mass is 9.93. The normalized spacial score (nSPS) is 16.2. The molecule has 0 amide bonds. The summed E-state index contributed by atoms with van der Waals surface area (Å²) in [5.41, 5.74) is 0. The van der Waals surface area contributed by atoms with Crippen molar-refractivity contribution in [2.45, 2.75) is 59.2 Å². The number of hydrogen-bond acceptors (Lipinski definition) is 3. The minimum Gasteiger partial charge on any atom is -0.469 e. The Hall–Kier alpha value is -0.353. The molecule has 0 heterocycles. The number of carbonyl (C=O) groups is 1. The zero-order valence-electron chi connectivity index (χ0n) is 13.3. The fourth-order valence-corrected chi connectivity index (χ4v) is 2.45. The number of esters is 1. The molecule has 0 saturated heterocycles. The van der Waals surface area contributed by atoms with Crippen LogP contribution in [0.3, 0.4) is 0 Å². The van der Waals surface area contributed by atoms with Crippen LogP contribution in [0.2, 0.25) is 18.1 Å². The predicted molar refractivity (Wildman–Crippen MR) is 78.1 cm³/mol. The number of hydrogen-bond donors (Lipinski definition) is 0. The molecule has 0 aromatic carbocycles. The third-order valence-electron chi connectivity index (χ3n) is 4.27. The lowest BCUT2D eigenvalue weighted by Gasteiger charge is -2.36. The molecule has 0 fully saturated rings. The fourth-order valence-electron chi connectivity index (χ4n) is 1.38. The van der Waals surface area contributed by atoms with E-state index in [9.17, 15) is 4.79 Å². The summed E-state index contributed by atoms with van der Waals surface area (Å²) in [7, 11) is -0.216. The molecular weight excluding hydrogens is 244 g/mol. The van der Waals surface area contributed by atoms with E-state index in [2.05, 4.69) is 40.8 Å². The van der Waals surface area contributed by atoms with Gasteiger partial charge in [-0.05, 0) is 30.5 Å². The van der Waals surface area contributed by atoms with Gasteiger partial charge < -0.3 is 9.16 Å². The molecule has 3 nitrogen and oxygen atoms in total. The molecule has 0 aromatic rings. The predicted octanol–water partition coefficient (Wildman–Crippen LogP) is 3.84. The van der Waals surface area contributed by atoms with Crippen LogP contribution in [0.15, 0.2) is 0 Å². The second-order valence-electron chi connectivity index (χ2n) is 6.69. The topological polar surface area (TPSA) is 35.5 Å². The van der Waals surface area contributed by atoms with Gasteiger partial charge in [0.1, 0.15) is 0 Å². The molecule has 0 aromatic heterocycles. The van der Waals surface area contributed by atoms with Crippen LogP contribution in [0.4, 0.5) is 0 Å². The van der Waals surface area contributed by atoms with Gasteiger partial charge >= 0.3 is 5.97 Å². The van der Waals surface area contributed by atoms with Crippen molar-refractivity contribution in [3.63, 3.8) is 0 Å². The van der Waals surface area contributed by atoms with Crippen molar-refractivity contribution >= 4 is 14.3 Å². The first-order chi connectivity index (χ1) is 8.03. The quantitative estimate of drug-likeness (QED) is 0.545. The average molecular weight is 274 g/mol. The van der Waals surface area contributed by atoms with Gasteiger partial charge in [-0.1, -0.05) is 34.6 Å². The molecule has 0 spiro atoms. The van der Waals surface area contributed by atoms with Crippen molar-refractivity contribution in [2.75, 3.05) is 13.7 Å². The maximum absolute atomic E-state index is 11.4. The standard InChI is InChI=1S/C14H30O3Si/c1-11(12(2)13(15)16-6)9-10-17-18(7,8)14(3,4)5/h11-12H,9-10H2,1-8H3/t11-,12-/m0/s1. The van der Waals surface area contributed by atoms with Gasteiger partial charge in [0.15, 0.2) is 8.32 Å². The van der Waals surface area contributed by atoms with E-state index in [0.717, 1.165) is 13.0 Å². The summed E-state index contributed by atoms with van der Waals surface area (Å²) in [6.45, 7) is 15.9. The molecular formula is C14H30O3Si. The fraction of sp³-hybridized carbons (Fsp3) is 0.929. The van der Waals surface area contributed by atoms with Gasteiger partial charge in [0.05, 0.1) is 13.0 Å². The van der Waals surface area contributed by atoms with Gasteiger partial charge in [0, 0.05) is 6.61 Å². The maximum Gasteiger partial charge on any atom is 0.308 e. The van der Waals surface area contributed by atoms with Gasteiger partial charge in [0.25, 0.3) is 0 Å². The van der Waals surface area contributed by atoms with Crippen LogP contribution >= 0.6 is 0 Å². The van der Waals surface area contributed by atoms with Crippen LogP contribution in [0.25, 0.3) is 0 Å². The lowest BCUT2D eigenvalue weighted by Crippen LogP contribution is -2.41. The van der Waals surface area contributed by atoms with E-state index in [1.165, 1.54) is 7.11 Å². The Morgan fingerprint density at radius 3 is 2.11 bits per heavy atom. The van der Waals surface area contributed by atoms with Crippen molar-refractivity contribution in [1.29, 1.82) is 0 Å². The highest BCUT2D eigenvalue weighted by molar-refractivity contribution is 6.74. The van der Waals surface area contributed by atoms with Crippen molar-refractivity contribution in [3.05, 3.63) is 0 Å². The zero-order chi connectivity index (χ0) is 14.6. The first-order valence-electron chi connectivity index (χ1n) is 6.74. The molecule has 0 radical (unpaired) electrons. The summed E-state index contributed by atoms with van der Waals surface area (Å²) in [6.07, 6.45) is 0.906. The minimum atomic E-state index is -1.66. The molecule has 0 rings (SSSR count). The molecule has 2 atom stereocenters. The Labute approximate surface area is 113 Å². The second kappa shape index (κ2) is 6.71. The summed E-state index contributed by atoms with van der Waals surface area (Å²) in [4.78, 5) is 11.4. The highest BCUT2D eigenvalue weighted by Crippen LogP contribution is 2.36. The molecule has 4 heteroatoms. The summed E-state index contributed by atoms with van der Waals surface area (Å²) in [5, 5.41) is 0.240. The van der Waals surface area contributed by atoms with Gasteiger partial charge in [-0.15, -0.1) is 0 Å². The lowest BCUT2D eigenvalue weighted by molar-refractivity contribution is -0.146. The first kappa shape index (κ1) is 17.6. The monoisotopic (exact) mass is 274 g/mol. The molecule has 0 aliphatic carbocycles. The van der Waals surface area contributed by atoms with Crippen LogP contribution in [-0.4, -0.2) is 28.0 Å². The maximum atomic E-state index is 11.4. The van der Waals surface area contributed by atoms with Crippen molar-refractivity contribution in [3.8, 4) is 0 Å². The van der Waals surface area contributed by atoms with Gasteiger partial charge in [-0.3, -0.25) is 4.79 Å². The number of rotatable bonds is 6. The van der Waals surface area contributed by atoms with Crippen molar-refractivity contribution in [1.82, 2.24) is 0 Å². The highest BCUT2D eigenvalue weighted by Gasteiger charge is 2.37. The van der Waals surface area contributed by atoms with Crippen LogP contribution in [0.5, 0.6) is 0 Å². The van der Waals surface area contributed by atoms with Gasteiger partial charge in [0.2, 0.25) is 0 Å². The molecule has 108 valence electrons. The van der Waals surface area contributed by atoms with Crippen LogP contribution < -0.4 is 0 Å². The first-order valence-corrected chi connectivity index (χ1v) is 9.65.